The average Bonchev–Trinajstić information content (AvgIpc) is 3.17. The van der Waals surface area contributed by atoms with Gasteiger partial charge in [-0.05, 0) is 36.1 Å². The largest absolute Gasteiger partial charge is 0.322 e. The second-order valence-corrected chi connectivity index (χ2v) is 7.47. The second kappa shape index (κ2) is 6.81. The van der Waals surface area contributed by atoms with Gasteiger partial charge in [0.2, 0.25) is 11.8 Å². The van der Waals surface area contributed by atoms with Crippen molar-refractivity contribution in [3.8, 4) is 0 Å². The number of nitrogens with one attached hydrogen (secondary N) is 3. The zero-order valence-electron chi connectivity index (χ0n) is 14.9. The molecule has 0 aromatic heterocycles. The van der Waals surface area contributed by atoms with Crippen LogP contribution >= 0.6 is 0 Å². The van der Waals surface area contributed by atoms with E-state index in [1.807, 2.05) is 18.2 Å². The molecule has 3 aliphatic heterocycles. The van der Waals surface area contributed by atoms with Crippen LogP contribution in [0.15, 0.2) is 18.2 Å². The molecule has 0 spiro atoms. The van der Waals surface area contributed by atoms with Gasteiger partial charge in [-0.15, -0.1) is 0 Å². The Balaban J connectivity index is 1.50. The van der Waals surface area contributed by atoms with E-state index in [9.17, 15) is 14.4 Å². The number of carbonyl (C=O) groups excluding carboxylic acids is 3. The fourth-order valence-corrected chi connectivity index (χ4v) is 4.14. The van der Waals surface area contributed by atoms with Crippen molar-refractivity contribution in [2.75, 3.05) is 13.1 Å². The van der Waals surface area contributed by atoms with Crippen molar-refractivity contribution < 1.29 is 14.4 Å². The zero-order valence-corrected chi connectivity index (χ0v) is 14.9. The first-order chi connectivity index (χ1) is 12.5. The van der Waals surface area contributed by atoms with Crippen LogP contribution in [-0.2, 0) is 22.7 Å². The van der Waals surface area contributed by atoms with Crippen molar-refractivity contribution in [1.82, 2.24) is 20.9 Å². The molecular weight excluding hydrogens is 332 g/mol. The Bertz CT molecular complexity index is 763. The third-order valence-electron chi connectivity index (χ3n) is 5.75. The van der Waals surface area contributed by atoms with Gasteiger partial charge in [0, 0.05) is 37.7 Å². The number of piperidine rings is 1. The standard InChI is InChI=1S/C19H24N4O3/c1-11-7-20-9-15(11)21-8-12-3-2-4-13-14(12)10-23(19(13)26)16-5-6-17(24)22-18(16)25/h2-4,11,15-16,20-21H,5-10H2,1H3,(H,22,24,25)/t11-,15-,16?/m1/s1. The Morgan fingerprint density at radius 1 is 1.23 bits per heavy atom. The van der Waals surface area contributed by atoms with E-state index < -0.39 is 6.04 Å². The summed E-state index contributed by atoms with van der Waals surface area (Å²) in [6, 6.07) is 5.63. The van der Waals surface area contributed by atoms with Crippen molar-refractivity contribution in [2.24, 2.45) is 5.92 Å². The summed E-state index contributed by atoms with van der Waals surface area (Å²) in [7, 11) is 0. The average molecular weight is 356 g/mol. The highest BCUT2D eigenvalue weighted by molar-refractivity contribution is 6.05. The lowest BCUT2D eigenvalue weighted by molar-refractivity contribution is -0.136. The first-order valence-corrected chi connectivity index (χ1v) is 9.24. The van der Waals surface area contributed by atoms with E-state index in [2.05, 4.69) is 22.9 Å². The summed E-state index contributed by atoms with van der Waals surface area (Å²) in [4.78, 5) is 38.0. The number of imide groups is 1. The molecule has 3 atom stereocenters. The Hall–Kier alpha value is -2.25. The Labute approximate surface area is 152 Å². The highest BCUT2D eigenvalue weighted by Gasteiger charge is 2.39. The second-order valence-electron chi connectivity index (χ2n) is 7.47. The number of carbonyl (C=O) groups is 3. The Morgan fingerprint density at radius 3 is 2.81 bits per heavy atom. The van der Waals surface area contributed by atoms with Crippen LogP contribution in [0.25, 0.3) is 0 Å². The van der Waals surface area contributed by atoms with Gasteiger partial charge in [-0.3, -0.25) is 19.7 Å². The molecule has 2 fully saturated rings. The van der Waals surface area contributed by atoms with E-state index >= 15 is 0 Å². The van der Waals surface area contributed by atoms with Gasteiger partial charge in [0.25, 0.3) is 5.91 Å². The van der Waals surface area contributed by atoms with Crippen molar-refractivity contribution in [1.29, 1.82) is 0 Å². The van der Waals surface area contributed by atoms with E-state index in [0.29, 0.717) is 37.0 Å². The predicted octanol–water partition coefficient (Wildman–Crippen LogP) is 0.145. The van der Waals surface area contributed by atoms with Gasteiger partial charge in [0.15, 0.2) is 0 Å². The molecule has 0 aliphatic carbocycles. The summed E-state index contributed by atoms with van der Waals surface area (Å²) in [6.07, 6.45) is 0.667. The summed E-state index contributed by atoms with van der Waals surface area (Å²) >= 11 is 0. The van der Waals surface area contributed by atoms with E-state index in [0.717, 1.165) is 24.2 Å². The molecule has 26 heavy (non-hydrogen) atoms. The number of hydrogen-bond acceptors (Lipinski definition) is 5. The number of hydrogen-bond donors (Lipinski definition) is 3. The van der Waals surface area contributed by atoms with Crippen LogP contribution in [0.4, 0.5) is 0 Å². The molecule has 1 aromatic rings. The molecular formula is C19H24N4O3. The van der Waals surface area contributed by atoms with E-state index in [-0.39, 0.29) is 24.1 Å². The third kappa shape index (κ3) is 3.01. The summed E-state index contributed by atoms with van der Waals surface area (Å²) < 4.78 is 0. The molecule has 1 aromatic carbocycles. The molecule has 138 valence electrons. The first-order valence-electron chi connectivity index (χ1n) is 9.24. The van der Waals surface area contributed by atoms with Crippen LogP contribution in [-0.4, -0.2) is 47.8 Å². The van der Waals surface area contributed by atoms with Crippen molar-refractivity contribution in [2.45, 2.75) is 44.9 Å². The Kier molecular flexibility index (Phi) is 4.50. The van der Waals surface area contributed by atoms with Crippen molar-refractivity contribution in [3.63, 3.8) is 0 Å². The fourth-order valence-electron chi connectivity index (χ4n) is 4.14. The topological polar surface area (TPSA) is 90.5 Å². The van der Waals surface area contributed by atoms with E-state index in [1.54, 1.807) is 4.90 Å². The van der Waals surface area contributed by atoms with Crippen LogP contribution in [0.5, 0.6) is 0 Å². The van der Waals surface area contributed by atoms with Crippen LogP contribution < -0.4 is 16.0 Å². The molecule has 2 saturated heterocycles. The molecule has 0 bridgehead atoms. The lowest BCUT2D eigenvalue weighted by atomic mass is 10.0. The molecule has 3 N–H and O–H groups in total. The number of benzene rings is 1. The Morgan fingerprint density at radius 2 is 2.08 bits per heavy atom. The SMILES string of the molecule is C[C@@H]1CNC[C@H]1NCc1cccc2c1CN(C1CCC(=O)NC1=O)C2=O. The van der Waals surface area contributed by atoms with Gasteiger partial charge < -0.3 is 15.5 Å². The molecule has 3 heterocycles. The number of rotatable bonds is 4. The summed E-state index contributed by atoms with van der Waals surface area (Å²) in [5, 5.41) is 9.31. The van der Waals surface area contributed by atoms with Gasteiger partial charge in [-0.25, -0.2) is 0 Å². The van der Waals surface area contributed by atoms with Crippen molar-refractivity contribution in [3.05, 3.63) is 34.9 Å². The quantitative estimate of drug-likeness (QED) is 0.668. The minimum Gasteiger partial charge on any atom is -0.322 e. The highest BCUT2D eigenvalue weighted by Crippen LogP contribution is 2.30. The molecule has 3 amide bonds. The number of amides is 3. The maximum atomic E-state index is 12.8. The molecule has 4 rings (SSSR count). The normalized spacial score (nSPS) is 28.4. The highest BCUT2D eigenvalue weighted by atomic mass is 16.2. The number of nitrogens with zero attached hydrogens (tertiary/aromatic N) is 1. The molecule has 0 radical (unpaired) electrons. The maximum Gasteiger partial charge on any atom is 0.255 e. The monoisotopic (exact) mass is 356 g/mol. The lowest BCUT2D eigenvalue weighted by Crippen LogP contribution is -2.52. The van der Waals surface area contributed by atoms with Gasteiger partial charge in [-0.2, -0.15) is 0 Å². The first kappa shape index (κ1) is 17.2. The molecule has 3 aliphatic rings. The summed E-state index contributed by atoms with van der Waals surface area (Å²) in [5.41, 5.74) is 2.77. The summed E-state index contributed by atoms with van der Waals surface area (Å²) in [5.74, 6) is -0.173. The minimum atomic E-state index is -0.563. The van der Waals surface area contributed by atoms with Crippen molar-refractivity contribution >= 4 is 17.7 Å². The number of fused-ring (bicyclic) bond motifs is 1. The van der Waals surface area contributed by atoms with Gasteiger partial charge in [0.05, 0.1) is 0 Å². The minimum absolute atomic E-state index is 0.118. The zero-order chi connectivity index (χ0) is 18.3. The van der Waals surface area contributed by atoms with E-state index in [1.165, 1.54) is 0 Å². The summed E-state index contributed by atoms with van der Waals surface area (Å²) in [6.45, 7) is 5.33. The van der Waals surface area contributed by atoms with Crippen LogP contribution in [0, 0.1) is 5.92 Å². The van der Waals surface area contributed by atoms with Crippen LogP contribution in [0.3, 0.4) is 0 Å². The molecule has 0 saturated carbocycles. The lowest BCUT2D eigenvalue weighted by Gasteiger charge is -2.29. The van der Waals surface area contributed by atoms with Gasteiger partial charge >= 0.3 is 0 Å². The molecule has 1 unspecified atom stereocenters. The van der Waals surface area contributed by atoms with Crippen LogP contribution in [0.1, 0.15) is 41.3 Å². The molecule has 7 heteroatoms. The van der Waals surface area contributed by atoms with Gasteiger partial charge in [0.1, 0.15) is 6.04 Å². The van der Waals surface area contributed by atoms with Gasteiger partial charge in [-0.1, -0.05) is 19.1 Å². The van der Waals surface area contributed by atoms with Crippen LogP contribution in [0.2, 0.25) is 0 Å². The maximum absolute atomic E-state index is 12.8. The third-order valence-corrected chi connectivity index (χ3v) is 5.75. The fraction of sp³-hybridized carbons (Fsp3) is 0.526. The smallest absolute Gasteiger partial charge is 0.255 e. The molecule has 7 nitrogen and oxygen atoms in total. The predicted molar refractivity (Wildman–Crippen MR) is 95.1 cm³/mol. The van der Waals surface area contributed by atoms with E-state index in [4.69, 9.17) is 0 Å².